The van der Waals surface area contributed by atoms with Crippen molar-refractivity contribution in [2.24, 2.45) is 0 Å². The van der Waals surface area contributed by atoms with Crippen LogP contribution < -0.4 is 14.2 Å². The second-order valence-corrected chi connectivity index (χ2v) is 9.68. The molecule has 0 aliphatic rings. The van der Waals surface area contributed by atoms with Crippen molar-refractivity contribution in [3.63, 3.8) is 0 Å². The van der Waals surface area contributed by atoms with Crippen molar-refractivity contribution in [2.75, 3.05) is 13.7 Å². The number of fused-ring (bicyclic) bond motifs is 1. The molecule has 4 aromatic carbocycles. The highest BCUT2D eigenvalue weighted by Crippen LogP contribution is 2.39. The number of carboxylic acid groups (broad SMARTS) is 1. The van der Waals surface area contributed by atoms with Crippen LogP contribution in [0.25, 0.3) is 32.5 Å². The smallest absolute Gasteiger partial charge is 0.341 e. The maximum Gasteiger partial charge on any atom is 0.341 e. The van der Waals surface area contributed by atoms with E-state index in [-0.39, 0.29) is 12.4 Å². The van der Waals surface area contributed by atoms with Crippen molar-refractivity contribution in [3.8, 4) is 38.9 Å². The van der Waals surface area contributed by atoms with Crippen LogP contribution in [0.3, 0.4) is 0 Å². The van der Waals surface area contributed by atoms with Gasteiger partial charge in [0, 0.05) is 5.56 Å². The number of benzene rings is 4. The molecule has 1 aromatic heterocycles. The van der Waals surface area contributed by atoms with Gasteiger partial charge in [0.2, 0.25) is 0 Å². The Morgan fingerprint density at radius 1 is 0.921 bits per heavy atom. The van der Waals surface area contributed by atoms with Crippen LogP contribution in [0.4, 0.5) is 4.39 Å². The summed E-state index contributed by atoms with van der Waals surface area (Å²) in [5, 5.41) is 11.8. The van der Waals surface area contributed by atoms with E-state index in [9.17, 15) is 9.18 Å². The summed E-state index contributed by atoms with van der Waals surface area (Å²) >= 11 is 1.49. The van der Waals surface area contributed by atoms with Crippen LogP contribution in [0, 0.1) is 12.7 Å². The molecule has 0 fully saturated rings. The lowest BCUT2D eigenvalue weighted by atomic mass is 10.0. The van der Waals surface area contributed by atoms with Gasteiger partial charge in [0.25, 0.3) is 0 Å². The molecule has 0 amide bonds. The minimum absolute atomic E-state index is 0.172. The number of halogens is 1. The Morgan fingerprint density at radius 3 is 2.42 bits per heavy atom. The largest absolute Gasteiger partial charge is 0.494 e. The quantitative estimate of drug-likeness (QED) is 0.219. The van der Waals surface area contributed by atoms with Crippen LogP contribution in [-0.4, -0.2) is 29.8 Å². The highest BCUT2D eigenvalue weighted by molar-refractivity contribution is 7.15. The molecule has 0 bridgehead atoms. The van der Waals surface area contributed by atoms with Gasteiger partial charge in [0.15, 0.2) is 18.2 Å². The molecule has 0 spiro atoms. The lowest BCUT2D eigenvalue weighted by Gasteiger charge is -2.09. The molecule has 0 aliphatic heterocycles. The maximum atomic E-state index is 14.6. The lowest BCUT2D eigenvalue weighted by Crippen LogP contribution is -2.10. The van der Waals surface area contributed by atoms with E-state index in [1.54, 1.807) is 30.3 Å². The van der Waals surface area contributed by atoms with E-state index in [4.69, 9.17) is 24.3 Å². The summed E-state index contributed by atoms with van der Waals surface area (Å²) in [5.41, 5.74) is 3.05. The SMILES string of the molecule is COc1ccc(-c2nc(COc3ccc(OCC(=O)O)c(C)c3)sc2-c2ccc3ccccc3c2)cc1F. The number of nitrogens with zero attached hydrogens (tertiary/aromatic N) is 1. The van der Waals surface area contributed by atoms with Gasteiger partial charge in [0.1, 0.15) is 23.1 Å². The third-order valence-corrected chi connectivity index (χ3v) is 7.05. The number of carboxylic acids is 1. The number of rotatable bonds is 9. The van der Waals surface area contributed by atoms with Gasteiger partial charge in [0.05, 0.1) is 17.7 Å². The number of hydrogen-bond acceptors (Lipinski definition) is 6. The number of hydrogen-bond donors (Lipinski definition) is 1. The first-order valence-corrected chi connectivity index (χ1v) is 12.6. The van der Waals surface area contributed by atoms with Gasteiger partial charge in [-0.1, -0.05) is 36.4 Å². The summed E-state index contributed by atoms with van der Waals surface area (Å²) in [6.07, 6.45) is 0. The zero-order valence-corrected chi connectivity index (χ0v) is 21.5. The van der Waals surface area contributed by atoms with Gasteiger partial charge in [-0.15, -0.1) is 11.3 Å². The van der Waals surface area contributed by atoms with Gasteiger partial charge >= 0.3 is 5.97 Å². The van der Waals surface area contributed by atoms with Gasteiger partial charge in [-0.2, -0.15) is 0 Å². The molecule has 0 unspecified atom stereocenters. The van der Waals surface area contributed by atoms with Crippen LogP contribution in [0.15, 0.2) is 78.9 Å². The molecule has 8 heteroatoms. The van der Waals surface area contributed by atoms with Crippen molar-refractivity contribution >= 4 is 28.1 Å². The molecule has 0 saturated heterocycles. The standard InChI is InChI=1S/C30H24FNO5S/c1-18-13-23(10-12-25(18)37-17-28(33)34)36-16-27-32-29(21-9-11-26(35-2)24(31)15-21)30(38-27)22-8-7-19-5-3-4-6-20(19)14-22/h3-15H,16-17H2,1-2H3,(H,33,34). The Balaban J connectivity index is 1.46. The number of ether oxygens (including phenoxy) is 3. The average Bonchev–Trinajstić information content (AvgIpc) is 3.35. The molecular weight excluding hydrogens is 505 g/mol. The molecule has 5 rings (SSSR count). The molecule has 5 aromatic rings. The molecule has 192 valence electrons. The Bertz CT molecular complexity index is 1630. The van der Waals surface area contributed by atoms with Crippen LogP contribution in [0.1, 0.15) is 10.6 Å². The third-order valence-electron chi connectivity index (χ3n) is 5.97. The van der Waals surface area contributed by atoms with E-state index < -0.39 is 18.4 Å². The normalized spacial score (nSPS) is 10.9. The van der Waals surface area contributed by atoms with Crippen molar-refractivity contribution in [3.05, 3.63) is 95.3 Å². The monoisotopic (exact) mass is 529 g/mol. The van der Waals surface area contributed by atoms with Crippen LogP contribution in [0.2, 0.25) is 0 Å². The van der Waals surface area contributed by atoms with E-state index in [1.807, 2.05) is 25.1 Å². The summed E-state index contributed by atoms with van der Waals surface area (Å²) in [6.45, 7) is 1.62. The first-order valence-electron chi connectivity index (χ1n) is 11.8. The zero-order valence-electron chi connectivity index (χ0n) is 20.7. The number of thiazole rings is 1. The van der Waals surface area contributed by atoms with Crippen LogP contribution >= 0.6 is 11.3 Å². The minimum atomic E-state index is -1.04. The number of aliphatic carboxylic acids is 1. The number of aryl methyl sites for hydroxylation is 1. The van der Waals surface area contributed by atoms with Gasteiger partial charge in [-0.05, 0) is 71.3 Å². The van der Waals surface area contributed by atoms with E-state index in [2.05, 4.69) is 24.3 Å². The van der Waals surface area contributed by atoms with Crippen molar-refractivity contribution in [2.45, 2.75) is 13.5 Å². The van der Waals surface area contributed by atoms with Crippen LogP contribution in [-0.2, 0) is 11.4 Å². The highest BCUT2D eigenvalue weighted by Gasteiger charge is 2.18. The Kier molecular flexibility index (Phi) is 7.24. The van der Waals surface area contributed by atoms with Crippen molar-refractivity contribution in [1.29, 1.82) is 0 Å². The summed E-state index contributed by atoms with van der Waals surface area (Å²) < 4.78 is 31.0. The topological polar surface area (TPSA) is 77.9 Å². The molecule has 1 heterocycles. The molecule has 0 aliphatic carbocycles. The van der Waals surface area contributed by atoms with Gasteiger partial charge in [-0.25, -0.2) is 14.2 Å². The number of aromatic nitrogens is 1. The summed E-state index contributed by atoms with van der Waals surface area (Å²) in [4.78, 5) is 16.5. The molecule has 0 saturated carbocycles. The second-order valence-electron chi connectivity index (χ2n) is 8.59. The van der Waals surface area contributed by atoms with Crippen molar-refractivity contribution in [1.82, 2.24) is 4.98 Å². The van der Waals surface area contributed by atoms with E-state index >= 15 is 0 Å². The fraction of sp³-hybridized carbons (Fsp3) is 0.133. The summed E-state index contributed by atoms with van der Waals surface area (Å²) in [7, 11) is 1.43. The number of methoxy groups -OCH3 is 1. The third kappa shape index (κ3) is 5.45. The Hall–Kier alpha value is -4.43. The van der Waals surface area contributed by atoms with Crippen LogP contribution in [0.5, 0.6) is 17.2 Å². The Labute approximate surface area is 222 Å². The predicted molar refractivity (Wildman–Crippen MR) is 146 cm³/mol. The molecular formula is C30H24FNO5S. The number of carbonyl (C=O) groups is 1. The maximum absolute atomic E-state index is 14.6. The summed E-state index contributed by atoms with van der Waals surface area (Å²) in [6, 6.07) is 24.4. The van der Waals surface area contributed by atoms with Gasteiger partial charge in [-0.3, -0.25) is 0 Å². The minimum Gasteiger partial charge on any atom is -0.494 e. The van der Waals surface area contributed by atoms with Gasteiger partial charge < -0.3 is 19.3 Å². The molecule has 0 radical (unpaired) electrons. The van der Waals surface area contributed by atoms with Crippen molar-refractivity contribution < 1.29 is 28.5 Å². The van der Waals surface area contributed by atoms with E-state index in [1.165, 1.54) is 24.5 Å². The molecule has 0 atom stereocenters. The fourth-order valence-corrected chi connectivity index (χ4v) is 5.12. The first-order chi connectivity index (χ1) is 18.4. The van der Waals surface area contributed by atoms with E-state index in [0.29, 0.717) is 22.8 Å². The zero-order chi connectivity index (χ0) is 26.6. The summed E-state index contributed by atoms with van der Waals surface area (Å²) in [5.74, 6) is -0.240. The Morgan fingerprint density at radius 2 is 1.68 bits per heavy atom. The fourth-order valence-electron chi connectivity index (χ4n) is 4.12. The molecule has 38 heavy (non-hydrogen) atoms. The second kappa shape index (κ2) is 10.9. The molecule has 1 N–H and O–H groups in total. The predicted octanol–water partition coefficient (Wildman–Crippen LogP) is 7.13. The van der Waals surface area contributed by atoms with E-state index in [0.717, 1.165) is 31.8 Å². The average molecular weight is 530 g/mol. The first kappa shape index (κ1) is 25.2. The highest BCUT2D eigenvalue weighted by atomic mass is 32.1. The lowest BCUT2D eigenvalue weighted by molar-refractivity contribution is -0.139. The molecule has 6 nitrogen and oxygen atoms in total.